The van der Waals surface area contributed by atoms with Gasteiger partial charge in [0.15, 0.2) is 0 Å². The molecule has 7 nitrogen and oxygen atoms in total. The second-order valence-corrected chi connectivity index (χ2v) is 9.09. The number of hydrogen-bond acceptors (Lipinski definition) is 7. The zero-order valence-corrected chi connectivity index (χ0v) is 20.7. The first-order valence-corrected chi connectivity index (χ1v) is 11.6. The van der Waals surface area contributed by atoms with Gasteiger partial charge < -0.3 is 20.9 Å². The normalized spacial score (nSPS) is 11.8. The summed E-state index contributed by atoms with van der Waals surface area (Å²) < 4.78 is 5.75. The van der Waals surface area contributed by atoms with E-state index in [-0.39, 0.29) is 12.1 Å². The number of aryl methyl sites for hydroxylation is 1. The molecule has 0 aliphatic heterocycles. The number of anilines is 2. The molecule has 0 fully saturated rings. The lowest BCUT2D eigenvalue weighted by molar-refractivity contribution is 0.110. The topological polar surface area (TPSA) is 96.5 Å². The largest absolute Gasteiger partial charge is 0.496 e. The lowest BCUT2D eigenvalue weighted by Crippen LogP contribution is -2.41. The molecule has 1 aromatic heterocycles. The summed E-state index contributed by atoms with van der Waals surface area (Å²) in [4.78, 5) is 11.1. The fourth-order valence-electron chi connectivity index (χ4n) is 3.73. The van der Waals surface area contributed by atoms with Crippen LogP contribution in [0.15, 0.2) is 18.2 Å². The Kier molecular flexibility index (Phi) is 9.72. The van der Waals surface area contributed by atoms with E-state index in [0.717, 1.165) is 54.3 Å². The van der Waals surface area contributed by atoms with Gasteiger partial charge in [-0.3, -0.25) is 4.90 Å². The summed E-state index contributed by atoms with van der Waals surface area (Å²) in [6, 6.07) is 6.37. The van der Waals surface area contributed by atoms with E-state index in [1.54, 1.807) is 7.11 Å². The molecular formula is C25H41N5O2. The molecule has 2 aromatic rings. The fourth-order valence-corrected chi connectivity index (χ4v) is 3.73. The van der Waals surface area contributed by atoms with Crippen molar-refractivity contribution in [2.24, 2.45) is 0 Å². The number of nitrogens with zero attached hydrogens (tertiary/aromatic N) is 3. The van der Waals surface area contributed by atoms with Crippen molar-refractivity contribution < 1.29 is 9.84 Å². The van der Waals surface area contributed by atoms with Gasteiger partial charge in [-0.05, 0) is 57.9 Å². The molecule has 0 spiro atoms. The molecule has 1 heterocycles. The predicted octanol–water partition coefficient (Wildman–Crippen LogP) is 4.16. The van der Waals surface area contributed by atoms with Crippen LogP contribution in [0.1, 0.15) is 68.8 Å². The highest BCUT2D eigenvalue weighted by Crippen LogP contribution is 2.29. The van der Waals surface area contributed by atoms with E-state index >= 15 is 0 Å². The third kappa shape index (κ3) is 7.07. The SMILES string of the molecule is CCCCCNc1nc(N)nc(C)c1Cc1ccc(CN(C)C(C)(C)CCO)cc1OC. The van der Waals surface area contributed by atoms with Gasteiger partial charge in [-0.1, -0.05) is 31.9 Å². The molecule has 0 amide bonds. The van der Waals surface area contributed by atoms with E-state index in [0.29, 0.717) is 12.4 Å². The molecule has 1 aromatic carbocycles. The van der Waals surface area contributed by atoms with Gasteiger partial charge in [0.05, 0.1) is 7.11 Å². The first-order valence-electron chi connectivity index (χ1n) is 11.6. The lowest BCUT2D eigenvalue weighted by Gasteiger charge is -2.35. The van der Waals surface area contributed by atoms with E-state index in [4.69, 9.17) is 10.5 Å². The number of aliphatic hydroxyl groups is 1. The number of aliphatic hydroxyl groups excluding tert-OH is 1. The number of nitrogens with one attached hydrogen (secondary N) is 1. The maximum Gasteiger partial charge on any atom is 0.222 e. The molecule has 0 aliphatic carbocycles. The highest BCUT2D eigenvalue weighted by atomic mass is 16.5. The van der Waals surface area contributed by atoms with Crippen LogP contribution in [0.25, 0.3) is 0 Å². The van der Waals surface area contributed by atoms with Crippen molar-refractivity contribution in [2.45, 2.75) is 71.9 Å². The Balaban J connectivity index is 2.24. The van der Waals surface area contributed by atoms with Crippen molar-refractivity contribution in [1.82, 2.24) is 14.9 Å². The summed E-state index contributed by atoms with van der Waals surface area (Å²) >= 11 is 0. The van der Waals surface area contributed by atoms with Crippen molar-refractivity contribution >= 4 is 11.8 Å². The van der Waals surface area contributed by atoms with E-state index in [1.807, 2.05) is 6.92 Å². The van der Waals surface area contributed by atoms with Gasteiger partial charge in [-0.25, -0.2) is 4.98 Å². The van der Waals surface area contributed by atoms with Crippen LogP contribution in [-0.4, -0.2) is 52.8 Å². The number of benzene rings is 1. The maximum absolute atomic E-state index is 9.35. The third-order valence-corrected chi connectivity index (χ3v) is 6.20. The Hall–Kier alpha value is -2.38. The Morgan fingerprint density at radius 2 is 1.97 bits per heavy atom. The minimum atomic E-state index is -0.0859. The Labute approximate surface area is 193 Å². The van der Waals surface area contributed by atoms with Gasteiger partial charge in [-0.2, -0.15) is 4.98 Å². The third-order valence-electron chi connectivity index (χ3n) is 6.20. The van der Waals surface area contributed by atoms with Gasteiger partial charge in [0.2, 0.25) is 5.95 Å². The van der Waals surface area contributed by atoms with Gasteiger partial charge in [-0.15, -0.1) is 0 Å². The molecule has 0 unspecified atom stereocenters. The van der Waals surface area contributed by atoms with Crippen LogP contribution in [0.3, 0.4) is 0 Å². The number of rotatable bonds is 13. The van der Waals surface area contributed by atoms with Gasteiger partial charge >= 0.3 is 0 Å². The molecule has 0 bridgehead atoms. The minimum Gasteiger partial charge on any atom is -0.496 e. The smallest absolute Gasteiger partial charge is 0.222 e. The molecule has 0 atom stereocenters. The number of methoxy groups -OCH3 is 1. The summed E-state index contributed by atoms with van der Waals surface area (Å²) in [5.41, 5.74) is 10.0. The molecule has 2 rings (SSSR count). The van der Waals surface area contributed by atoms with Crippen LogP contribution in [0, 0.1) is 6.92 Å². The Bertz CT molecular complexity index is 870. The molecule has 7 heteroatoms. The number of nitrogens with two attached hydrogens (primary N) is 1. The van der Waals surface area contributed by atoms with Gasteiger partial charge in [0.1, 0.15) is 11.6 Å². The molecule has 4 N–H and O–H groups in total. The van der Waals surface area contributed by atoms with Crippen molar-refractivity contribution in [1.29, 1.82) is 0 Å². The molecule has 0 saturated carbocycles. The Morgan fingerprint density at radius 3 is 2.62 bits per heavy atom. The fraction of sp³-hybridized carbons (Fsp3) is 0.600. The first kappa shape index (κ1) is 25.9. The van der Waals surface area contributed by atoms with Gasteiger partial charge in [0, 0.05) is 42.9 Å². The van der Waals surface area contributed by atoms with Crippen molar-refractivity contribution in [3.8, 4) is 5.75 Å². The van der Waals surface area contributed by atoms with Crippen molar-refractivity contribution in [2.75, 3.05) is 38.4 Å². The molecule has 32 heavy (non-hydrogen) atoms. The molecule has 0 radical (unpaired) electrons. The summed E-state index contributed by atoms with van der Waals surface area (Å²) in [6.45, 7) is 10.3. The number of unbranched alkanes of at least 4 members (excludes halogenated alkanes) is 2. The highest BCUT2D eigenvalue weighted by molar-refractivity contribution is 5.53. The summed E-state index contributed by atoms with van der Waals surface area (Å²) in [5, 5.41) is 12.8. The first-order chi connectivity index (χ1) is 15.2. The van der Waals surface area contributed by atoms with E-state index in [1.165, 1.54) is 18.4 Å². The number of aromatic nitrogens is 2. The van der Waals surface area contributed by atoms with E-state index in [9.17, 15) is 5.11 Å². The number of ether oxygens (including phenoxy) is 1. The van der Waals surface area contributed by atoms with Crippen LogP contribution >= 0.6 is 0 Å². The van der Waals surface area contributed by atoms with Gasteiger partial charge in [0.25, 0.3) is 0 Å². The standard InChI is InChI=1S/C25H41N5O2/c1-7-8-9-13-27-23-21(18(2)28-24(26)29-23)16-20-11-10-19(15-22(20)32-6)17-30(5)25(3,4)12-14-31/h10-11,15,31H,7-9,12-14,16-17H2,1-6H3,(H3,26,27,28,29). The molecular weight excluding hydrogens is 402 g/mol. The monoisotopic (exact) mass is 443 g/mol. The minimum absolute atomic E-state index is 0.0859. The molecule has 178 valence electrons. The molecule has 0 saturated heterocycles. The summed E-state index contributed by atoms with van der Waals surface area (Å²) in [6.07, 6.45) is 4.84. The molecule has 0 aliphatic rings. The average Bonchev–Trinajstić information content (AvgIpc) is 2.74. The van der Waals surface area contributed by atoms with Crippen LogP contribution in [-0.2, 0) is 13.0 Å². The quantitative estimate of drug-likeness (QED) is 0.400. The van der Waals surface area contributed by atoms with Crippen molar-refractivity contribution in [3.63, 3.8) is 0 Å². The number of hydrogen-bond donors (Lipinski definition) is 3. The summed E-state index contributed by atoms with van der Waals surface area (Å²) in [5.74, 6) is 1.95. The van der Waals surface area contributed by atoms with Crippen molar-refractivity contribution in [3.05, 3.63) is 40.6 Å². The second kappa shape index (κ2) is 12.0. The van der Waals surface area contributed by atoms with Crippen LogP contribution in [0.5, 0.6) is 5.75 Å². The van der Waals surface area contributed by atoms with Crippen LogP contribution < -0.4 is 15.8 Å². The zero-order valence-electron chi connectivity index (χ0n) is 20.7. The zero-order chi connectivity index (χ0) is 23.7. The average molecular weight is 444 g/mol. The lowest BCUT2D eigenvalue weighted by atomic mass is 9.97. The Morgan fingerprint density at radius 1 is 1.22 bits per heavy atom. The second-order valence-electron chi connectivity index (χ2n) is 9.09. The summed E-state index contributed by atoms with van der Waals surface area (Å²) in [7, 11) is 3.79. The number of nitrogen functional groups attached to an aromatic ring is 1. The van der Waals surface area contributed by atoms with E-state index in [2.05, 4.69) is 66.2 Å². The maximum atomic E-state index is 9.35. The highest BCUT2D eigenvalue weighted by Gasteiger charge is 2.23. The predicted molar refractivity (Wildman–Crippen MR) is 132 cm³/mol. The van der Waals surface area contributed by atoms with E-state index < -0.39 is 0 Å². The van der Waals surface area contributed by atoms with Crippen LogP contribution in [0.4, 0.5) is 11.8 Å². The van der Waals surface area contributed by atoms with Crippen LogP contribution in [0.2, 0.25) is 0 Å².